The number of amides is 1. The van der Waals surface area contributed by atoms with Crippen molar-refractivity contribution in [2.45, 2.75) is 46.6 Å². The number of carbonyl (C=O) groups excluding carboxylic acids is 1. The van der Waals surface area contributed by atoms with Crippen LogP contribution in [-0.4, -0.2) is 11.9 Å². The zero-order valence-electron chi connectivity index (χ0n) is 11.9. The molecule has 1 rings (SSSR count). The van der Waals surface area contributed by atoms with Crippen LogP contribution >= 0.6 is 0 Å². The Hall–Kier alpha value is -1.31. The van der Waals surface area contributed by atoms with Crippen molar-refractivity contribution < 1.29 is 4.79 Å². The van der Waals surface area contributed by atoms with Gasteiger partial charge in [-0.15, -0.1) is 0 Å². The normalized spacial score (nSPS) is 14.3. The van der Waals surface area contributed by atoms with E-state index in [9.17, 15) is 4.79 Å². The van der Waals surface area contributed by atoms with Crippen molar-refractivity contribution in [3.63, 3.8) is 0 Å². The van der Waals surface area contributed by atoms with Crippen molar-refractivity contribution in [1.29, 1.82) is 0 Å². The van der Waals surface area contributed by atoms with Gasteiger partial charge < -0.3 is 5.32 Å². The van der Waals surface area contributed by atoms with Crippen molar-refractivity contribution in [2.24, 2.45) is 11.8 Å². The molecule has 2 nitrogen and oxygen atoms in total. The maximum absolute atomic E-state index is 12.2. The standard InChI is InChI=1S/C16H25NO/c1-5-13(4)17-16(18)15(12(2)3)11-14-9-7-6-8-10-14/h6-10,12-13,15H,5,11H2,1-4H3,(H,17,18)/t13-,15+/m0/s1. The lowest BCUT2D eigenvalue weighted by Gasteiger charge is -2.22. The molecule has 0 bridgehead atoms. The molecule has 0 unspecified atom stereocenters. The summed E-state index contributed by atoms with van der Waals surface area (Å²) in [5, 5.41) is 3.09. The number of nitrogens with one attached hydrogen (secondary N) is 1. The minimum atomic E-state index is 0.0569. The largest absolute Gasteiger partial charge is 0.353 e. The molecule has 0 heterocycles. The predicted octanol–water partition coefficient (Wildman–Crippen LogP) is 3.42. The van der Waals surface area contributed by atoms with Crippen LogP contribution in [0.25, 0.3) is 0 Å². The molecule has 0 radical (unpaired) electrons. The van der Waals surface area contributed by atoms with E-state index < -0.39 is 0 Å². The summed E-state index contributed by atoms with van der Waals surface area (Å²) < 4.78 is 0. The molecule has 0 saturated carbocycles. The van der Waals surface area contributed by atoms with E-state index in [-0.39, 0.29) is 17.9 Å². The lowest BCUT2D eigenvalue weighted by Crippen LogP contribution is -2.39. The molecule has 1 N–H and O–H groups in total. The molecule has 1 aromatic carbocycles. The molecule has 0 aliphatic carbocycles. The van der Waals surface area contributed by atoms with E-state index in [1.54, 1.807) is 0 Å². The third-order valence-electron chi connectivity index (χ3n) is 3.44. The zero-order valence-corrected chi connectivity index (χ0v) is 11.9. The molecular formula is C16H25NO. The van der Waals surface area contributed by atoms with E-state index in [1.807, 2.05) is 18.2 Å². The average molecular weight is 247 g/mol. The van der Waals surface area contributed by atoms with Crippen LogP contribution in [0.5, 0.6) is 0 Å². The van der Waals surface area contributed by atoms with Crippen LogP contribution in [0.4, 0.5) is 0 Å². The molecule has 1 amide bonds. The van der Waals surface area contributed by atoms with E-state index in [4.69, 9.17) is 0 Å². The second kappa shape index (κ2) is 7.20. The van der Waals surface area contributed by atoms with Gasteiger partial charge in [-0.25, -0.2) is 0 Å². The van der Waals surface area contributed by atoms with Gasteiger partial charge in [0.05, 0.1) is 0 Å². The Kier molecular flexibility index (Phi) is 5.90. The lowest BCUT2D eigenvalue weighted by molar-refractivity contribution is -0.126. The fourth-order valence-electron chi connectivity index (χ4n) is 1.95. The maximum atomic E-state index is 12.2. The molecule has 0 aromatic heterocycles. The summed E-state index contributed by atoms with van der Waals surface area (Å²) in [7, 11) is 0. The van der Waals surface area contributed by atoms with E-state index >= 15 is 0 Å². The summed E-state index contributed by atoms with van der Waals surface area (Å²) in [4.78, 5) is 12.2. The molecule has 0 aliphatic heterocycles. The zero-order chi connectivity index (χ0) is 13.5. The minimum absolute atomic E-state index is 0.0569. The van der Waals surface area contributed by atoms with Crippen LogP contribution in [0.15, 0.2) is 30.3 Å². The van der Waals surface area contributed by atoms with Gasteiger partial charge in [-0.05, 0) is 31.2 Å². The highest BCUT2D eigenvalue weighted by Crippen LogP contribution is 2.18. The van der Waals surface area contributed by atoms with Gasteiger partial charge in [0, 0.05) is 12.0 Å². The number of rotatable bonds is 6. The summed E-state index contributed by atoms with van der Waals surface area (Å²) >= 11 is 0. The third kappa shape index (κ3) is 4.52. The lowest BCUT2D eigenvalue weighted by atomic mass is 9.88. The Morgan fingerprint density at radius 2 is 1.78 bits per heavy atom. The predicted molar refractivity (Wildman–Crippen MR) is 76.4 cm³/mol. The third-order valence-corrected chi connectivity index (χ3v) is 3.44. The van der Waals surface area contributed by atoms with Gasteiger partial charge in [0.15, 0.2) is 0 Å². The second-order valence-corrected chi connectivity index (χ2v) is 5.36. The quantitative estimate of drug-likeness (QED) is 0.820. The highest BCUT2D eigenvalue weighted by molar-refractivity contribution is 5.79. The summed E-state index contributed by atoms with van der Waals surface area (Å²) in [6.07, 6.45) is 1.79. The van der Waals surface area contributed by atoms with Gasteiger partial charge in [-0.2, -0.15) is 0 Å². The Labute approximate surface area is 111 Å². The van der Waals surface area contributed by atoms with Gasteiger partial charge in [0.2, 0.25) is 5.91 Å². The smallest absolute Gasteiger partial charge is 0.223 e. The van der Waals surface area contributed by atoms with Crippen LogP contribution in [0.3, 0.4) is 0 Å². The number of hydrogen-bond acceptors (Lipinski definition) is 1. The molecule has 2 heteroatoms. The van der Waals surface area contributed by atoms with Crippen LogP contribution in [0.1, 0.15) is 39.7 Å². The fourth-order valence-corrected chi connectivity index (χ4v) is 1.95. The molecule has 0 fully saturated rings. The first-order valence-corrected chi connectivity index (χ1v) is 6.88. The van der Waals surface area contributed by atoms with Crippen LogP contribution in [0, 0.1) is 11.8 Å². The van der Waals surface area contributed by atoms with Gasteiger partial charge in [0.1, 0.15) is 0 Å². The SMILES string of the molecule is CC[C@H](C)NC(=O)[C@H](Cc1ccccc1)C(C)C. The Morgan fingerprint density at radius 1 is 1.17 bits per heavy atom. The molecule has 0 aliphatic rings. The van der Waals surface area contributed by atoms with E-state index in [2.05, 4.69) is 45.1 Å². The first-order chi connectivity index (χ1) is 8.54. The van der Waals surface area contributed by atoms with E-state index in [0.717, 1.165) is 12.8 Å². The van der Waals surface area contributed by atoms with Crippen molar-refractivity contribution in [2.75, 3.05) is 0 Å². The van der Waals surface area contributed by atoms with Gasteiger partial charge in [-0.1, -0.05) is 51.1 Å². The van der Waals surface area contributed by atoms with Crippen molar-refractivity contribution in [3.05, 3.63) is 35.9 Å². The summed E-state index contributed by atoms with van der Waals surface area (Å²) in [6, 6.07) is 10.5. The Morgan fingerprint density at radius 3 is 2.28 bits per heavy atom. The highest BCUT2D eigenvalue weighted by atomic mass is 16.1. The summed E-state index contributed by atoms with van der Waals surface area (Å²) in [5.74, 6) is 0.596. The second-order valence-electron chi connectivity index (χ2n) is 5.36. The number of benzene rings is 1. The Balaban J connectivity index is 2.68. The highest BCUT2D eigenvalue weighted by Gasteiger charge is 2.23. The molecule has 18 heavy (non-hydrogen) atoms. The molecule has 2 atom stereocenters. The Bertz CT molecular complexity index is 359. The number of hydrogen-bond donors (Lipinski definition) is 1. The van der Waals surface area contributed by atoms with Gasteiger partial charge >= 0.3 is 0 Å². The maximum Gasteiger partial charge on any atom is 0.223 e. The fraction of sp³-hybridized carbons (Fsp3) is 0.562. The van der Waals surface area contributed by atoms with Crippen LogP contribution < -0.4 is 5.32 Å². The molecule has 100 valence electrons. The summed E-state index contributed by atoms with van der Waals surface area (Å²) in [5.41, 5.74) is 1.23. The summed E-state index contributed by atoms with van der Waals surface area (Å²) in [6.45, 7) is 8.37. The van der Waals surface area contributed by atoms with Crippen molar-refractivity contribution in [3.8, 4) is 0 Å². The molecule has 1 aromatic rings. The molecule has 0 spiro atoms. The van der Waals surface area contributed by atoms with Crippen molar-refractivity contribution in [1.82, 2.24) is 5.32 Å². The van der Waals surface area contributed by atoms with E-state index in [1.165, 1.54) is 5.56 Å². The number of carbonyl (C=O) groups is 1. The molecular weight excluding hydrogens is 222 g/mol. The first-order valence-electron chi connectivity index (χ1n) is 6.88. The average Bonchev–Trinajstić information content (AvgIpc) is 2.36. The van der Waals surface area contributed by atoms with Gasteiger partial charge in [0.25, 0.3) is 0 Å². The van der Waals surface area contributed by atoms with Crippen molar-refractivity contribution >= 4 is 5.91 Å². The van der Waals surface area contributed by atoms with Gasteiger partial charge in [-0.3, -0.25) is 4.79 Å². The first kappa shape index (κ1) is 14.7. The topological polar surface area (TPSA) is 29.1 Å². The van der Waals surface area contributed by atoms with Crippen LogP contribution in [0.2, 0.25) is 0 Å². The minimum Gasteiger partial charge on any atom is -0.353 e. The van der Waals surface area contributed by atoms with E-state index in [0.29, 0.717) is 5.92 Å². The monoisotopic (exact) mass is 247 g/mol. The molecule has 0 saturated heterocycles. The van der Waals surface area contributed by atoms with Crippen LogP contribution in [-0.2, 0) is 11.2 Å².